The van der Waals surface area contributed by atoms with Crippen LogP contribution in [0.4, 0.5) is 10.1 Å². The fourth-order valence-electron chi connectivity index (χ4n) is 1.82. The summed E-state index contributed by atoms with van der Waals surface area (Å²) < 4.78 is 23.4. The van der Waals surface area contributed by atoms with Crippen LogP contribution < -0.4 is 10.6 Å². The normalized spacial score (nSPS) is 17.5. The molecule has 2 rings (SSSR count). The van der Waals surface area contributed by atoms with E-state index in [4.69, 9.17) is 4.74 Å². The first kappa shape index (κ1) is 17.4. The van der Waals surface area contributed by atoms with Crippen molar-refractivity contribution in [3.63, 3.8) is 0 Å². The van der Waals surface area contributed by atoms with Gasteiger partial charge in [0, 0.05) is 6.54 Å². The van der Waals surface area contributed by atoms with Gasteiger partial charge in [0.25, 0.3) is 0 Å². The Hall–Kier alpha value is -1.70. The Bertz CT molecular complexity index is 521. The highest BCUT2D eigenvalue weighted by Gasteiger charge is 2.22. The molecule has 0 aliphatic carbocycles. The molecule has 0 radical (unpaired) electrons. The Morgan fingerprint density at radius 3 is 2.86 bits per heavy atom. The zero-order valence-electron chi connectivity index (χ0n) is 11.3. The molecule has 0 aromatic heterocycles. The summed E-state index contributed by atoms with van der Waals surface area (Å²) in [5.41, 5.74) is 0.0994. The lowest BCUT2D eigenvalue weighted by molar-refractivity contribution is -0.120. The van der Waals surface area contributed by atoms with Crippen LogP contribution in [-0.4, -0.2) is 44.8 Å². The maximum absolute atomic E-state index is 13.6. The molecular formula is C13H16ClFN2O4. The first-order chi connectivity index (χ1) is 9.61. The maximum atomic E-state index is 13.6. The van der Waals surface area contributed by atoms with Gasteiger partial charge in [0.1, 0.15) is 11.9 Å². The fourth-order valence-corrected chi connectivity index (χ4v) is 1.82. The van der Waals surface area contributed by atoms with E-state index in [1.807, 2.05) is 0 Å². The second-order valence-corrected chi connectivity index (χ2v) is 4.26. The van der Waals surface area contributed by atoms with E-state index in [1.165, 1.54) is 19.2 Å². The zero-order valence-corrected chi connectivity index (χ0v) is 12.2. The molecule has 1 aromatic carbocycles. The average molecular weight is 319 g/mol. The quantitative estimate of drug-likeness (QED) is 0.812. The molecular weight excluding hydrogens is 303 g/mol. The molecule has 1 aliphatic rings. The number of carbonyl (C=O) groups excluding carboxylic acids is 2. The van der Waals surface area contributed by atoms with Crippen LogP contribution in [0.1, 0.15) is 10.4 Å². The van der Waals surface area contributed by atoms with Crippen LogP contribution in [0, 0.1) is 5.82 Å². The average Bonchev–Trinajstić information content (AvgIpc) is 2.49. The van der Waals surface area contributed by atoms with Gasteiger partial charge >= 0.3 is 5.97 Å². The topological polar surface area (TPSA) is 76.7 Å². The highest BCUT2D eigenvalue weighted by molar-refractivity contribution is 5.97. The number of methoxy groups -OCH3 is 1. The predicted molar refractivity (Wildman–Crippen MR) is 76.2 cm³/mol. The minimum absolute atomic E-state index is 0. The number of hydrogen-bond donors (Lipinski definition) is 2. The predicted octanol–water partition coefficient (Wildman–Crippen LogP) is 0.961. The highest BCUT2D eigenvalue weighted by atomic mass is 35.5. The molecule has 6 nitrogen and oxygen atoms in total. The second kappa shape index (κ2) is 7.92. The van der Waals surface area contributed by atoms with Crippen LogP contribution in [0.3, 0.4) is 0 Å². The molecule has 1 atom stereocenters. The SMILES string of the molecule is COC(=O)c1ccc(F)c(NC(=O)C2COCCN2)c1.Cl. The molecule has 1 unspecified atom stereocenters. The first-order valence-electron chi connectivity index (χ1n) is 6.11. The van der Waals surface area contributed by atoms with E-state index in [2.05, 4.69) is 15.4 Å². The van der Waals surface area contributed by atoms with E-state index in [-0.39, 0.29) is 30.3 Å². The van der Waals surface area contributed by atoms with Gasteiger partial charge in [-0.2, -0.15) is 0 Å². The minimum Gasteiger partial charge on any atom is -0.465 e. The van der Waals surface area contributed by atoms with Crippen LogP contribution in [0.5, 0.6) is 0 Å². The molecule has 0 spiro atoms. The minimum atomic E-state index is -0.622. The van der Waals surface area contributed by atoms with E-state index < -0.39 is 23.7 Å². The number of hydrogen-bond acceptors (Lipinski definition) is 5. The molecule has 1 amide bonds. The summed E-state index contributed by atoms with van der Waals surface area (Å²) in [7, 11) is 1.23. The highest BCUT2D eigenvalue weighted by Crippen LogP contribution is 2.17. The number of esters is 1. The number of nitrogens with one attached hydrogen (secondary N) is 2. The summed E-state index contributed by atoms with van der Waals surface area (Å²) in [6.07, 6.45) is 0. The Morgan fingerprint density at radius 1 is 1.48 bits per heavy atom. The number of ether oxygens (including phenoxy) is 2. The Morgan fingerprint density at radius 2 is 2.24 bits per heavy atom. The summed E-state index contributed by atoms with van der Waals surface area (Å²) in [5.74, 6) is -1.63. The van der Waals surface area contributed by atoms with Crippen LogP contribution in [-0.2, 0) is 14.3 Å². The van der Waals surface area contributed by atoms with Crippen molar-refractivity contribution in [2.75, 3.05) is 32.2 Å². The van der Waals surface area contributed by atoms with Crippen LogP contribution in [0.2, 0.25) is 0 Å². The van der Waals surface area contributed by atoms with Gasteiger partial charge in [0.05, 0.1) is 31.6 Å². The Kier molecular flexibility index (Phi) is 6.54. The number of rotatable bonds is 3. The number of halogens is 2. The summed E-state index contributed by atoms with van der Waals surface area (Å²) in [4.78, 5) is 23.3. The number of benzene rings is 1. The Balaban J connectivity index is 0.00000220. The fraction of sp³-hybridized carbons (Fsp3) is 0.385. The molecule has 2 N–H and O–H groups in total. The lowest BCUT2D eigenvalue weighted by Crippen LogP contribution is -2.48. The molecule has 0 bridgehead atoms. The van der Waals surface area contributed by atoms with Gasteiger partial charge < -0.3 is 20.1 Å². The van der Waals surface area contributed by atoms with Crippen molar-refractivity contribution >= 4 is 30.0 Å². The van der Waals surface area contributed by atoms with E-state index >= 15 is 0 Å². The van der Waals surface area contributed by atoms with E-state index in [1.54, 1.807) is 0 Å². The largest absolute Gasteiger partial charge is 0.465 e. The van der Waals surface area contributed by atoms with Gasteiger partial charge in [-0.15, -0.1) is 12.4 Å². The van der Waals surface area contributed by atoms with Gasteiger partial charge in [-0.05, 0) is 18.2 Å². The van der Waals surface area contributed by atoms with Crippen LogP contribution >= 0.6 is 12.4 Å². The molecule has 1 aromatic rings. The summed E-state index contributed by atoms with van der Waals surface area (Å²) >= 11 is 0. The number of anilines is 1. The number of carbonyl (C=O) groups is 2. The van der Waals surface area contributed by atoms with Crippen molar-refractivity contribution in [2.45, 2.75) is 6.04 Å². The molecule has 0 saturated carbocycles. The standard InChI is InChI=1S/C13H15FN2O4.ClH/c1-19-13(18)8-2-3-9(14)10(6-8)16-12(17)11-7-20-5-4-15-11;/h2-3,6,11,15H,4-5,7H2,1H3,(H,16,17);1H. The molecule has 1 aliphatic heterocycles. The van der Waals surface area contributed by atoms with E-state index in [0.717, 1.165) is 6.07 Å². The zero-order chi connectivity index (χ0) is 14.5. The van der Waals surface area contributed by atoms with Gasteiger partial charge in [-0.25, -0.2) is 9.18 Å². The van der Waals surface area contributed by atoms with Crippen molar-refractivity contribution in [1.29, 1.82) is 0 Å². The van der Waals surface area contributed by atoms with Gasteiger partial charge in [0.15, 0.2) is 0 Å². The third kappa shape index (κ3) is 4.38. The van der Waals surface area contributed by atoms with Crippen molar-refractivity contribution in [2.24, 2.45) is 0 Å². The van der Waals surface area contributed by atoms with E-state index in [0.29, 0.717) is 13.2 Å². The monoisotopic (exact) mass is 318 g/mol. The number of morpholine rings is 1. The van der Waals surface area contributed by atoms with E-state index in [9.17, 15) is 14.0 Å². The summed E-state index contributed by atoms with van der Waals surface area (Å²) in [5, 5.41) is 5.39. The third-order valence-corrected chi connectivity index (χ3v) is 2.88. The van der Waals surface area contributed by atoms with Crippen LogP contribution in [0.15, 0.2) is 18.2 Å². The van der Waals surface area contributed by atoms with Crippen LogP contribution in [0.25, 0.3) is 0 Å². The van der Waals surface area contributed by atoms with Crippen molar-refractivity contribution in [3.8, 4) is 0 Å². The lowest BCUT2D eigenvalue weighted by Gasteiger charge is -2.23. The smallest absolute Gasteiger partial charge is 0.337 e. The summed E-state index contributed by atoms with van der Waals surface area (Å²) in [6.45, 7) is 1.32. The van der Waals surface area contributed by atoms with Gasteiger partial charge in [-0.1, -0.05) is 0 Å². The Labute approximate surface area is 127 Å². The molecule has 21 heavy (non-hydrogen) atoms. The molecule has 116 valence electrons. The van der Waals surface area contributed by atoms with Gasteiger partial charge in [0.2, 0.25) is 5.91 Å². The van der Waals surface area contributed by atoms with Crippen molar-refractivity contribution in [3.05, 3.63) is 29.6 Å². The molecule has 1 heterocycles. The molecule has 1 saturated heterocycles. The summed E-state index contributed by atoms with van der Waals surface area (Å²) in [6, 6.07) is 3.10. The number of amides is 1. The van der Waals surface area contributed by atoms with Crippen molar-refractivity contribution in [1.82, 2.24) is 5.32 Å². The van der Waals surface area contributed by atoms with Crippen molar-refractivity contribution < 1.29 is 23.5 Å². The molecule has 1 fully saturated rings. The lowest BCUT2D eigenvalue weighted by atomic mass is 10.2. The maximum Gasteiger partial charge on any atom is 0.337 e. The molecule has 8 heteroatoms. The third-order valence-electron chi connectivity index (χ3n) is 2.88. The second-order valence-electron chi connectivity index (χ2n) is 4.26. The van der Waals surface area contributed by atoms with Gasteiger partial charge in [-0.3, -0.25) is 4.79 Å². The first-order valence-corrected chi connectivity index (χ1v) is 6.11.